The van der Waals surface area contributed by atoms with Gasteiger partial charge in [0.1, 0.15) is 12.7 Å². The number of carbonyl (C=O) groups is 1. The Hall–Kier alpha value is -2.41. The van der Waals surface area contributed by atoms with E-state index in [2.05, 4.69) is 15.5 Å². The highest BCUT2D eigenvalue weighted by atomic mass is 16.3. The average Bonchev–Trinajstić information content (AvgIpc) is 3.09. The van der Waals surface area contributed by atoms with Gasteiger partial charge in [0.25, 0.3) is 0 Å². The predicted octanol–water partition coefficient (Wildman–Crippen LogP) is 1.65. The number of nitrogens with one attached hydrogen (secondary N) is 1. The van der Waals surface area contributed by atoms with E-state index < -0.39 is 0 Å². The number of carbonyl (C=O) groups excluding carboxylic acids is 1. The van der Waals surface area contributed by atoms with Crippen LogP contribution in [-0.4, -0.2) is 50.0 Å². The molecule has 2 aromatic rings. The van der Waals surface area contributed by atoms with Crippen molar-refractivity contribution in [3.05, 3.63) is 36.9 Å². The minimum atomic E-state index is -0.167. The molecule has 2 N–H and O–H groups in total. The van der Waals surface area contributed by atoms with E-state index in [1.54, 1.807) is 22.1 Å². The number of hydrogen-bond donors (Lipinski definition) is 2. The summed E-state index contributed by atoms with van der Waals surface area (Å²) in [5.74, 6) is 0. The molecule has 1 atom stereocenters. The quantitative estimate of drug-likeness (QED) is 0.903. The minimum Gasteiger partial charge on any atom is -0.394 e. The van der Waals surface area contributed by atoms with Crippen LogP contribution in [0.4, 0.5) is 10.5 Å². The molecule has 0 saturated carbocycles. The number of piperidine rings is 1. The molecule has 0 aliphatic carbocycles. The van der Waals surface area contributed by atoms with E-state index in [-0.39, 0.29) is 18.7 Å². The molecule has 1 aromatic carbocycles. The number of benzene rings is 1. The first-order valence-corrected chi connectivity index (χ1v) is 7.41. The van der Waals surface area contributed by atoms with E-state index in [4.69, 9.17) is 0 Å². The summed E-state index contributed by atoms with van der Waals surface area (Å²) < 4.78 is 1.77. The summed E-state index contributed by atoms with van der Waals surface area (Å²) in [5, 5.41) is 19.9. The lowest BCUT2D eigenvalue weighted by molar-refractivity contribution is 0.115. The standard InChI is InChI=1S/C15H19N5O2/c21-9-14-5-1-2-7-20(14)15(22)18-12-4-3-6-13(8-12)19-10-16-17-11-19/h3-4,6,8,10-11,14,21H,1-2,5,7,9H2,(H,18,22)/t14-/m1/s1. The van der Waals surface area contributed by atoms with Crippen molar-refractivity contribution < 1.29 is 9.90 Å². The molecule has 0 bridgehead atoms. The Kier molecular flexibility index (Phi) is 4.34. The van der Waals surface area contributed by atoms with Crippen molar-refractivity contribution >= 4 is 11.7 Å². The molecule has 1 aliphatic heterocycles. The van der Waals surface area contributed by atoms with Crippen LogP contribution in [0.5, 0.6) is 0 Å². The maximum atomic E-state index is 12.4. The third-order valence-corrected chi connectivity index (χ3v) is 3.91. The highest BCUT2D eigenvalue weighted by Gasteiger charge is 2.26. The molecule has 2 heterocycles. The van der Waals surface area contributed by atoms with Gasteiger partial charge in [-0.2, -0.15) is 0 Å². The third kappa shape index (κ3) is 3.09. The zero-order valence-electron chi connectivity index (χ0n) is 12.2. The topological polar surface area (TPSA) is 83.3 Å². The maximum Gasteiger partial charge on any atom is 0.322 e. The van der Waals surface area contributed by atoms with Crippen LogP contribution >= 0.6 is 0 Å². The Morgan fingerprint density at radius 2 is 2.14 bits per heavy atom. The highest BCUT2D eigenvalue weighted by molar-refractivity contribution is 5.90. The van der Waals surface area contributed by atoms with Crippen LogP contribution in [0.15, 0.2) is 36.9 Å². The number of nitrogens with zero attached hydrogens (tertiary/aromatic N) is 4. The second kappa shape index (κ2) is 6.57. The van der Waals surface area contributed by atoms with Gasteiger partial charge in [0.2, 0.25) is 0 Å². The molecule has 1 fully saturated rings. The van der Waals surface area contributed by atoms with Gasteiger partial charge in [0.15, 0.2) is 0 Å². The molecule has 7 heteroatoms. The number of anilines is 1. The lowest BCUT2D eigenvalue weighted by atomic mass is 10.0. The molecule has 2 amide bonds. The van der Waals surface area contributed by atoms with E-state index in [1.807, 2.05) is 24.3 Å². The number of aromatic nitrogens is 3. The van der Waals surface area contributed by atoms with Crippen LogP contribution in [0.2, 0.25) is 0 Å². The van der Waals surface area contributed by atoms with E-state index in [9.17, 15) is 9.90 Å². The molecule has 22 heavy (non-hydrogen) atoms. The molecular formula is C15H19N5O2. The first kappa shape index (κ1) is 14.5. The van der Waals surface area contributed by atoms with E-state index in [0.717, 1.165) is 24.9 Å². The molecule has 0 unspecified atom stereocenters. The zero-order valence-corrected chi connectivity index (χ0v) is 12.2. The van der Waals surface area contributed by atoms with Crippen LogP contribution in [0.3, 0.4) is 0 Å². The van der Waals surface area contributed by atoms with E-state index >= 15 is 0 Å². The number of aliphatic hydroxyl groups excluding tert-OH is 1. The van der Waals surface area contributed by atoms with Gasteiger partial charge in [-0.15, -0.1) is 10.2 Å². The van der Waals surface area contributed by atoms with Crippen LogP contribution in [0.25, 0.3) is 5.69 Å². The normalized spacial score (nSPS) is 18.2. The van der Waals surface area contributed by atoms with Crippen molar-refractivity contribution in [3.8, 4) is 5.69 Å². The predicted molar refractivity (Wildman–Crippen MR) is 81.8 cm³/mol. The summed E-state index contributed by atoms with van der Waals surface area (Å²) in [7, 11) is 0. The van der Waals surface area contributed by atoms with Crippen LogP contribution in [-0.2, 0) is 0 Å². The smallest absolute Gasteiger partial charge is 0.322 e. The molecule has 3 rings (SSSR count). The summed E-state index contributed by atoms with van der Waals surface area (Å²) >= 11 is 0. The molecule has 1 aromatic heterocycles. The van der Waals surface area contributed by atoms with E-state index in [0.29, 0.717) is 12.2 Å². The van der Waals surface area contributed by atoms with Gasteiger partial charge in [0.05, 0.1) is 18.3 Å². The lowest BCUT2D eigenvalue weighted by Crippen LogP contribution is -2.47. The number of likely N-dealkylation sites (tertiary alicyclic amines) is 1. The van der Waals surface area contributed by atoms with Crippen molar-refractivity contribution in [1.29, 1.82) is 0 Å². The first-order chi connectivity index (χ1) is 10.8. The summed E-state index contributed by atoms with van der Waals surface area (Å²) in [6.45, 7) is 0.691. The van der Waals surface area contributed by atoms with Crippen molar-refractivity contribution in [2.24, 2.45) is 0 Å². The number of amides is 2. The van der Waals surface area contributed by atoms with Crippen LogP contribution in [0, 0.1) is 0 Å². The zero-order chi connectivity index (χ0) is 15.4. The molecule has 1 saturated heterocycles. The van der Waals surface area contributed by atoms with Crippen molar-refractivity contribution in [2.75, 3.05) is 18.5 Å². The van der Waals surface area contributed by atoms with Crippen molar-refractivity contribution in [3.63, 3.8) is 0 Å². The van der Waals surface area contributed by atoms with Crippen molar-refractivity contribution in [1.82, 2.24) is 19.7 Å². The summed E-state index contributed by atoms with van der Waals surface area (Å²) in [5.41, 5.74) is 1.58. The Labute approximate surface area is 128 Å². The fourth-order valence-electron chi connectivity index (χ4n) is 2.73. The molecule has 1 aliphatic rings. The molecule has 116 valence electrons. The number of urea groups is 1. The van der Waals surface area contributed by atoms with Gasteiger partial charge in [-0.25, -0.2) is 4.79 Å². The maximum absolute atomic E-state index is 12.4. The van der Waals surface area contributed by atoms with E-state index in [1.165, 1.54) is 0 Å². The SMILES string of the molecule is O=C(Nc1cccc(-n2cnnc2)c1)N1CCCC[C@@H]1CO. The Bertz CT molecular complexity index is 629. The Morgan fingerprint density at radius 1 is 1.32 bits per heavy atom. The first-order valence-electron chi connectivity index (χ1n) is 7.41. The fraction of sp³-hybridized carbons (Fsp3) is 0.400. The van der Waals surface area contributed by atoms with Gasteiger partial charge >= 0.3 is 6.03 Å². The molecular weight excluding hydrogens is 282 g/mol. The van der Waals surface area contributed by atoms with Gasteiger partial charge in [-0.05, 0) is 37.5 Å². The number of aliphatic hydroxyl groups is 1. The fourth-order valence-corrected chi connectivity index (χ4v) is 2.73. The van der Waals surface area contributed by atoms with Gasteiger partial charge in [0, 0.05) is 12.2 Å². The number of rotatable bonds is 3. The van der Waals surface area contributed by atoms with Gasteiger partial charge < -0.3 is 15.3 Å². The summed E-state index contributed by atoms with van der Waals surface area (Å²) in [4.78, 5) is 14.1. The second-order valence-electron chi connectivity index (χ2n) is 5.38. The average molecular weight is 301 g/mol. The van der Waals surface area contributed by atoms with Crippen LogP contribution < -0.4 is 5.32 Å². The summed E-state index contributed by atoms with van der Waals surface area (Å²) in [6, 6.07) is 7.22. The van der Waals surface area contributed by atoms with Gasteiger partial charge in [-0.1, -0.05) is 6.07 Å². The number of hydrogen-bond acceptors (Lipinski definition) is 4. The second-order valence-corrected chi connectivity index (χ2v) is 5.38. The van der Waals surface area contributed by atoms with Gasteiger partial charge in [-0.3, -0.25) is 4.57 Å². The largest absolute Gasteiger partial charge is 0.394 e. The summed E-state index contributed by atoms with van der Waals surface area (Å²) in [6.07, 6.45) is 6.09. The molecule has 7 nitrogen and oxygen atoms in total. The Balaban J connectivity index is 1.72. The monoisotopic (exact) mass is 301 g/mol. The lowest BCUT2D eigenvalue weighted by Gasteiger charge is -2.34. The molecule has 0 spiro atoms. The van der Waals surface area contributed by atoms with Crippen LogP contribution in [0.1, 0.15) is 19.3 Å². The third-order valence-electron chi connectivity index (χ3n) is 3.91. The minimum absolute atomic E-state index is 0.00810. The Morgan fingerprint density at radius 3 is 2.91 bits per heavy atom. The highest BCUT2D eigenvalue weighted by Crippen LogP contribution is 2.19. The molecule has 0 radical (unpaired) electrons. The van der Waals surface area contributed by atoms with Crippen molar-refractivity contribution in [2.45, 2.75) is 25.3 Å².